The number of carbonyl (C=O) groups is 1. The van der Waals surface area contributed by atoms with Gasteiger partial charge >= 0.3 is 35.5 Å². The van der Waals surface area contributed by atoms with Gasteiger partial charge in [-0.1, -0.05) is 78.0 Å². The first-order chi connectivity index (χ1) is 21.6. The van der Waals surface area contributed by atoms with Gasteiger partial charge in [-0.05, 0) is 59.7 Å². The minimum atomic E-state index is -1.17. The Labute approximate surface area is 282 Å². The summed E-state index contributed by atoms with van der Waals surface area (Å²) < 4.78 is 12.0. The number of hydrogen-bond acceptors (Lipinski definition) is 7. The van der Waals surface area contributed by atoms with E-state index in [-0.39, 0.29) is 42.1 Å². The Balaban J connectivity index is 0.00000400. The first kappa shape index (κ1) is 31.7. The van der Waals surface area contributed by atoms with E-state index in [0.717, 1.165) is 50.5 Å². The van der Waals surface area contributed by atoms with Gasteiger partial charge in [-0.25, -0.2) is 14.8 Å². The van der Waals surface area contributed by atoms with E-state index in [1.807, 2.05) is 121 Å². The quantitative estimate of drug-likeness (QED) is 0.0961. The molecule has 45 heavy (non-hydrogen) atoms. The Hall–Kier alpha value is -4.76. The van der Waals surface area contributed by atoms with Crippen LogP contribution in [-0.2, 0) is 22.8 Å². The minimum absolute atomic E-state index is 0. The van der Waals surface area contributed by atoms with Crippen LogP contribution in [0.2, 0.25) is 0 Å². The standard InChI is InChI=1S/C36H29N3O5.Na.H/c40-36(41)21-37-44-24-33(25-11-17-31(18-12-25)42-22-29-15-9-27-5-1-3-7-34(27)38-29)26-13-19-32(20-14-26)43-23-30-16-10-28-6-2-4-8-35(28)39-30;;/h1-21,33H,22-24H2,(H,40,41);;. The molecule has 0 saturated carbocycles. The van der Waals surface area contributed by atoms with Crippen LogP contribution in [0.4, 0.5) is 0 Å². The first-order valence-corrected chi connectivity index (χ1v) is 14.1. The number of nitrogens with zero attached hydrogens (tertiary/aromatic N) is 3. The van der Waals surface area contributed by atoms with Crippen molar-refractivity contribution in [1.82, 2.24) is 9.97 Å². The predicted molar refractivity (Wildman–Crippen MR) is 176 cm³/mol. The zero-order valence-electron chi connectivity index (χ0n) is 23.7. The van der Waals surface area contributed by atoms with Crippen molar-refractivity contribution in [3.63, 3.8) is 0 Å². The van der Waals surface area contributed by atoms with Crippen molar-refractivity contribution in [3.05, 3.63) is 144 Å². The predicted octanol–water partition coefficient (Wildman–Crippen LogP) is 6.51. The molecule has 0 amide bonds. The molecule has 0 radical (unpaired) electrons. The third-order valence-corrected chi connectivity index (χ3v) is 7.13. The molecule has 9 heteroatoms. The normalized spacial score (nSPS) is 11.0. The number of carboxylic acids is 1. The van der Waals surface area contributed by atoms with Gasteiger partial charge < -0.3 is 19.4 Å². The number of ether oxygens (including phenoxy) is 2. The molecule has 0 fully saturated rings. The van der Waals surface area contributed by atoms with Crippen molar-refractivity contribution in [2.75, 3.05) is 6.61 Å². The molecule has 0 atom stereocenters. The van der Waals surface area contributed by atoms with E-state index >= 15 is 0 Å². The summed E-state index contributed by atoms with van der Waals surface area (Å²) in [4.78, 5) is 25.6. The van der Waals surface area contributed by atoms with Gasteiger partial charge in [0.1, 0.15) is 31.3 Å². The molecule has 0 unspecified atom stereocenters. The van der Waals surface area contributed by atoms with Crippen molar-refractivity contribution in [1.29, 1.82) is 0 Å². The third-order valence-electron chi connectivity index (χ3n) is 7.13. The molecule has 0 bridgehead atoms. The van der Waals surface area contributed by atoms with E-state index in [9.17, 15) is 4.79 Å². The van der Waals surface area contributed by atoms with Crippen LogP contribution in [0.1, 0.15) is 28.4 Å². The van der Waals surface area contributed by atoms with Crippen LogP contribution < -0.4 is 9.47 Å². The Bertz CT molecular complexity index is 1790. The molecule has 0 aliphatic rings. The maximum absolute atomic E-state index is 10.8. The van der Waals surface area contributed by atoms with Crippen molar-refractivity contribution >= 4 is 63.5 Å². The van der Waals surface area contributed by atoms with Crippen LogP contribution in [-0.4, -0.2) is 63.4 Å². The number of carboxylic acid groups (broad SMARTS) is 1. The van der Waals surface area contributed by atoms with Crippen LogP contribution in [0, 0.1) is 0 Å². The zero-order valence-corrected chi connectivity index (χ0v) is 23.7. The molecule has 2 heterocycles. The molecular weight excluding hydrogens is 577 g/mol. The summed E-state index contributed by atoms with van der Waals surface area (Å²) in [6.45, 7) is 0.833. The van der Waals surface area contributed by atoms with E-state index in [1.54, 1.807) is 0 Å². The molecule has 2 aromatic heterocycles. The molecular formula is C36H30N3NaO5. The molecule has 220 valence electrons. The summed E-state index contributed by atoms with van der Waals surface area (Å²) in [5.74, 6) is 0.0244. The van der Waals surface area contributed by atoms with E-state index in [0.29, 0.717) is 24.7 Å². The zero-order chi connectivity index (χ0) is 30.1. The summed E-state index contributed by atoms with van der Waals surface area (Å²) in [5.41, 5.74) is 5.46. The number of pyridine rings is 2. The summed E-state index contributed by atoms with van der Waals surface area (Å²) in [7, 11) is 0. The number of oxime groups is 1. The van der Waals surface area contributed by atoms with Gasteiger partial charge in [-0.2, -0.15) is 0 Å². The number of para-hydroxylation sites is 2. The molecule has 0 aliphatic carbocycles. The van der Waals surface area contributed by atoms with Crippen LogP contribution in [0.3, 0.4) is 0 Å². The van der Waals surface area contributed by atoms with Gasteiger partial charge in [-0.15, -0.1) is 0 Å². The average molecular weight is 608 g/mol. The van der Waals surface area contributed by atoms with Gasteiger partial charge in [0.25, 0.3) is 0 Å². The summed E-state index contributed by atoms with van der Waals surface area (Å²) in [6, 6.07) is 39.4. The maximum atomic E-state index is 10.8. The molecule has 6 rings (SSSR count). The van der Waals surface area contributed by atoms with E-state index < -0.39 is 5.97 Å². The first-order valence-electron chi connectivity index (χ1n) is 14.1. The van der Waals surface area contributed by atoms with E-state index in [2.05, 4.69) is 15.1 Å². The second-order valence-electron chi connectivity index (χ2n) is 10.1. The molecule has 4 aromatic carbocycles. The summed E-state index contributed by atoms with van der Waals surface area (Å²) >= 11 is 0. The number of aliphatic carboxylic acids is 1. The third kappa shape index (κ3) is 8.45. The Morgan fingerprint density at radius 1 is 0.667 bits per heavy atom. The fourth-order valence-corrected chi connectivity index (χ4v) is 4.87. The number of hydrogen-bond donors (Lipinski definition) is 1. The average Bonchev–Trinajstić information content (AvgIpc) is 3.07. The van der Waals surface area contributed by atoms with Crippen LogP contribution in [0.15, 0.2) is 126 Å². The van der Waals surface area contributed by atoms with Gasteiger partial charge in [-0.3, -0.25) is 0 Å². The molecule has 1 N–H and O–H groups in total. The van der Waals surface area contributed by atoms with Gasteiger partial charge in [0.2, 0.25) is 0 Å². The second-order valence-corrected chi connectivity index (χ2v) is 10.1. The summed E-state index contributed by atoms with van der Waals surface area (Å²) in [6.07, 6.45) is 0.729. The molecule has 0 saturated heterocycles. The van der Waals surface area contributed by atoms with Crippen LogP contribution in [0.5, 0.6) is 11.5 Å². The Morgan fingerprint density at radius 3 is 1.60 bits per heavy atom. The molecule has 8 nitrogen and oxygen atoms in total. The second kappa shape index (κ2) is 15.3. The van der Waals surface area contributed by atoms with Crippen molar-refractivity contribution in [3.8, 4) is 11.5 Å². The van der Waals surface area contributed by atoms with Gasteiger partial charge in [0, 0.05) is 16.7 Å². The van der Waals surface area contributed by atoms with Crippen molar-refractivity contribution in [2.45, 2.75) is 19.1 Å². The number of benzene rings is 4. The fraction of sp³-hybridized carbons (Fsp3) is 0.111. The topological polar surface area (TPSA) is 103 Å². The van der Waals surface area contributed by atoms with Crippen molar-refractivity contribution < 1.29 is 24.2 Å². The van der Waals surface area contributed by atoms with Crippen LogP contribution in [0.25, 0.3) is 21.8 Å². The van der Waals surface area contributed by atoms with Gasteiger partial charge in [0.05, 0.1) is 22.4 Å². The molecule has 0 aliphatic heterocycles. The van der Waals surface area contributed by atoms with Crippen LogP contribution >= 0.6 is 0 Å². The number of aromatic nitrogens is 2. The van der Waals surface area contributed by atoms with Gasteiger partial charge in [0.15, 0.2) is 6.21 Å². The Morgan fingerprint density at radius 2 is 1.13 bits per heavy atom. The number of fused-ring (bicyclic) bond motifs is 2. The van der Waals surface area contributed by atoms with E-state index in [1.165, 1.54) is 0 Å². The van der Waals surface area contributed by atoms with Crippen molar-refractivity contribution in [2.24, 2.45) is 5.16 Å². The summed E-state index contributed by atoms with van der Waals surface area (Å²) in [5, 5.41) is 14.6. The molecule has 0 spiro atoms. The van der Waals surface area contributed by atoms with E-state index in [4.69, 9.17) is 19.4 Å². The fourth-order valence-electron chi connectivity index (χ4n) is 4.87. The SMILES string of the molecule is O=C(O)C=NOCC(c1ccc(OCc2ccc3ccccc3n2)cc1)c1ccc(OCc2ccc3ccccc3n2)cc1.[NaH]. The Kier molecular flexibility index (Phi) is 10.8. The number of rotatable bonds is 12. The molecule has 6 aromatic rings. The monoisotopic (exact) mass is 607 g/mol.